The number of aryl methyl sites for hydroxylation is 1. The molecular weight excluding hydrogens is 459 g/mol. The number of aromatic nitrogens is 2. The van der Waals surface area contributed by atoms with Gasteiger partial charge in [-0.3, -0.25) is 14.8 Å². The SMILES string of the molecule is Cc1ncc(NC(=O)c2ccnc(C(C)(C)F)c2)cc1-c1ccc2c(c1)N1CCOCCC1CC2O. The molecule has 0 saturated carbocycles. The number of amides is 1. The number of ether oxygens (including phenoxy) is 1. The number of aliphatic hydroxyl groups is 1. The fraction of sp³-hybridized carbons (Fsp3) is 0.393. The molecule has 3 aromatic rings. The summed E-state index contributed by atoms with van der Waals surface area (Å²) < 4.78 is 20.0. The monoisotopic (exact) mass is 490 g/mol. The van der Waals surface area contributed by atoms with Crippen molar-refractivity contribution in [1.82, 2.24) is 9.97 Å². The molecule has 2 aliphatic rings. The van der Waals surface area contributed by atoms with Crippen LogP contribution in [0.15, 0.2) is 48.8 Å². The lowest BCUT2D eigenvalue weighted by molar-refractivity contribution is 0.102. The molecule has 1 fully saturated rings. The summed E-state index contributed by atoms with van der Waals surface area (Å²) in [5, 5.41) is 13.7. The minimum atomic E-state index is -1.65. The zero-order valence-corrected chi connectivity index (χ0v) is 20.8. The van der Waals surface area contributed by atoms with Crippen LogP contribution in [0.4, 0.5) is 15.8 Å². The smallest absolute Gasteiger partial charge is 0.255 e. The number of alkyl halides is 1. The van der Waals surface area contributed by atoms with Crippen molar-refractivity contribution in [1.29, 1.82) is 0 Å². The molecule has 2 aliphatic heterocycles. The summed E-state index contributed by atoms with van der Waals surface area (Å²) in [7, 11) is 0. The molecule has 8 heteroatoms. The predicted octanol–water partition coefficient (Wildman–Crippen LogP) is 4.94. The van der Waals surface area contributed by atoms with Gasteiger partial charge in [0.25, 0.3) is 5.91 Å². The van der Waals surface area contributed by atoms with Gasteiger partial charge < -0.3 is 20.1 Å². The van der Waals surface area contributed by atoms with Crippen molar-refractivity contribution < 1.29 is 19.0 Å². The van der Waals surface area contributed by atoms with E-state index in [4.69, 9.17) is 4.74 Å². The van der Waals surface area contributed by atoms with Crippen molar-refractivity contribution >= 4 is 17.3 Å². The van der Waals surface area contributed by atoms with Crippen LogP contribution < -0.4 is 10.2 Å². The molecule has 7 nitrogen and oxygen atoms in total. The first-order valence-corrected chi connectivity index (χ1v) is 12.3. The zero-order valence-electron chi connectivity index (χ0n) is 20.8. The largest absolute Gasteiger partial charge is 0.388 e. The second kappa shape index (κ2) is 9.59. The van der Waals surface area contributed by atoms with Crippen LogP contribution in [0.2, 0.25) is 0 Å². The number of pyridine rings is 2. The van der Waals surface area contributed by atoms with Gasteiger partial charge in [-0.05, 0) is 63.4 Å². The Hall–Kier alpha value is -3.36. The summed E-state index contributed by atoms with van der Waals surface area (Å²) in [4.78, 5) is 23.8. The second-order valence-electron chi connectivity index (χ2n) is 9.99. The van der Waals surface area contributed by atoms with E-state index in [1.54, 1.807) is 12.3 Å². The highest BCUT2D eigenvalue weighted by atomic mass is 19.1. The first kappa shape index (κ1) is 24.3. The molecule has 2 unspecified atom stereocenters. The molecule has 2 atom stereocenters. The Morgan fingerprint density at radius 1 is 1.19 bits per heavy atom. The van der Waals surface area contributed by atoms with Crippen LogP contribution in [0.1, 0.15) is 60.1 Å². The minimum absolute atomic E-state index is 0.200. The van der Waals surface area contributed by atoms with Crippen LogP contribution >= 0.6 is 0 Å². The summed E-state index contributed by atoms with van der Waals surface area (Å²) in [5.41, 5.74) is 4.04. The number of aliphatic hydroxyl groups excluding tert-OH is 1. The number of benzene rings is 1. The van der Waals surface area contributed by atoms with Gasteiger partial charge in [-0.1, -0.05) is 12.1 Å². The maximum Gasteiger partial charge on any atom is 0.255 e. The number of hydrogen-bond donors (Lipinski definition) is 2. The van der Waals surface area contributed by atoms with E-state index in [9.17, 15) is 14.3 Å². The van der Waals surface area contributed by atoms with Gasteiger partial charge in [-0.2, -0.15) is 0 Å². The van der Waals surface area contributed by atoms with Crippen LogP contribution in [-0.2, 0) is 10.4 Å². The average molecular weight is 491 g/mol. The molecule has 1 saturated heterocycles. The lowest BCUT2D eigenvalue weighted by Crippen LogP contribution is -2.41. The van der Waals surface area contributed by atoms with E-state index < -0.39 is 11.8 Å². The van der Waals surface area contributed by atoms with E-state index in [0.29, 0.717) is 30.9 Å². The number of halogens is 1. The van der Waals surface area contributed by atoms with E-state index in [-0.39, 0.29) is 17.6 Å². The topological polar surface area (TPSA) is 87.6 Å². The average Bonchev–Trinajstić information content (AvgIpc) is 3.10. The molecular formula is C28H31FN4O3. The molecule has 0 bridgehead atoms. The highest BCUT2D eigenvalue weighted by molar-refractivity contribution is 6.04. The highest BCUT2D eigenvalue weighted by Gasteiger charge is 2.33. The standard InChI is InChI=1S/C28H31FN4O3/c1-17-23(14-20(16-31-17)32-27(35)19-6-8-30-26(13-19)28(2,3)29)18-4-5-22-24(12-18)33-9-11-36-10-7-21(33)15-25(22)34/h4-6,8,12-14,16,21,25,34H,7,9-11,15H2,1-3H3,(H,32,35). The molecule has 1 amide bonds. The minimum Gasteiger partial charge on any atom is -0.388 e. The van der Waals surface area contributed by atoms with Crippen LogP contribution in [-0.4, -0.2) is 46.8 Å². The molecule has 2 aromatic heterocycles. The number of nitrogens with zero attached hydrogens (tertiary/aromatic N) is 3. The quantitative estimate of drug-likeness (QED) is 0.539. The van der Waals surface area contributed by atoms with E-state index in [1.807, 2.05) is 25.1 Å². The first-order chi connectivity index (χ1) is 17.2. The van der Waals surface area contributed by atoms with Gasteiger partial charge in [0.1, 0.15) is 5.67 Å². The molecule has 0 spiro atoms. The van der Waals surface area contributed by atoms with Crippen molar-refractivity contribution in [3.05, 3.63) is 71.3 Å². The van der Waals surface area contributed by atoms with Crippen molar-refractivity contribution in [3.63, 3.8) is 0 Å². The molecule has 0 aliphatic carbocycles. The third kappa shape index (κ3) is 4.83. The van der Waals surface area contributed by atoms with Gasteiger partial charge in [0.05, 0.1) is 30.3 Å². The number of nitrogens with one attached hydrogen (secondary N) is 1. The Kier molecular flexibility index (Phi) is 6.49. The van der Waals surface area contributed by atoms with E-state index >= 15 is 0 Å². The Labute approximate surface area is 210 Å². The van der Waals surface area contributed by atoms with Crippen molar-refractivity contribution in [3.8, 4) is 11.1 Å². The summed E-state index contributed by atoms with van der Waals surface area (Å²) in [6, 6.07) is 11.2. The highest BCUT2D eigenvalue weighted by Crippen LogP contribution is 2.41. The summed E-state index contributed by atoms with van der Waals surface area (Å²) in [6.07, 6.45) is 4.14. The van der Waals surface area contributed by atoms with Crippen LogP contribution in [0, 0.1) is 6.92 Å². The molecule has 5 rings (SSSR count). The van der Waals surface area contributed by atoms with E-state index in [1.165, 1.54) is 26.1 Å². The third-order valence-corrected chi connectivity index (χ3v) is 6.99. The van der Waals surface area contributed by atoms with Gasteiger partial charge in [0, 0.05) is 53.5 Å². The molecule has 36 heavy (non-hydrogen) atoms. The number of rotatable bonds is 4. The van der Waals surface area contributed by atoms with E-state index in [0.717, 1.165) is 41.0 Å². The number of carbonyl (C=O) groups excluding carboxylic acids is 1. The second-order valence-corrected chi connectivity index (χ2v) is 9.99. The fourth-order valence-electron chi connectivity index (χ4n) is 5.01. The Morgan fingerprint density at radius 3 is 2.83 bits per heavy atom. The van der Waals surface area contributed by atoms with Gasteiger partial charge in [0.2, 0.25) is 0 Å². The van der Waals surface area contributed by atoms with Crippen molar-refractivity contribution in [2.24, 2.45) is 0 Å². The summed E-state index contributed by atoms with van der Waals surface area (Å²) in [5.74, 6) is -0.361. The number of carbonyl (C=O) groups is 1. The molecule has 4 heterocycles. The predicted molar refractivity (Wildman–Crippen MR) is 137 cm³/mol. The lowest BCUT2D eigenvalue weighted by Gasteiger charge is -2.39. The normalized spacial score (nSPS) is 19.8. The molecule has 1 aromatic carbocycles. The third-order valence-electron chi connectivity index (χ3n) is 6.99. The number of fused-ring (bicyclic) bond motifs is 3. The Balaban J connectivity index is 1.44. The van der Waals surface area contributed by atoms with Gasteiger partial charge in [-0.25, -0.2) is 4.39 Å². The van der Waals surface area contributed by atoms with Crippen LogP contribution in [0.5, 0.6) is 0 Å². The Morgan fingerprint density at radius 2 is 2.03 bits per heavy atom. The maximum atomic E-state index is 14.3. The number of anilines is 2. The van der Waals surface area contributed by atoms with E-state index in [2.05, 4.69) is 26.3 Å². The summed E-state index contributed by atoms with van der Waals surface area (Å²) >= 11 is 0. The molecule has 2 N–H and O–H groups in total. The Bertz CT molecular complexity index is 1290. The first-order valence-electron chi connectivity index (χ1n) is 12.3. The van der Waals surface area contributed by atoms with Crippen molar-refractivity contribution in [2.45, 2.75) is 51.4 Å². The van der Waals surface area contributed by atoms with Crippen LogP contribution in [0.25, 0.3) is 11.1 Å². The van der Waals surface area contributed by atoms with Gasteiger partial charge >= 0.3 is 0 Å². The molecule has 188 valence electrons. The molecule has 0 radical (unpaired) electrons. The van der Waals surface area contributed by atoms with Crippen LogP contribution in [0.3, 0.4) is 0 Å². The maximum absolute atomic E-state index is 14.3. The van der Waals surface area contributed by atoms with Gasteiger partial charge in [-0.15, -0.1) is 0 Å². The van der Waals surface area contributed by atoms with Gasteiger partial charge in [0.15, 0.2) is 0 Å². The van der Waals surface area contributed by atoms with Crippen molar-refractivity contribution in [2.75, 3.05) is 30.0 Å². The fourth-order valence-corrected chi connectivity index (χ4v) is 5.01. The summed E-state index contributed by atoms with van der Waals surface area (Å²) in [6.45, 7) is 6.89. The zero-order chi connectivity index (χ0) is 25.4. The lowest BCUT2D eigenvalue weighted by atomic mass is 9.89. The number of hydrogen-bond acceptors (Lipinski definition) is 6.